The summed E-state index contributed by atoms with van der Waals surface area (Å²) in [5.74, 6) is 0.285. The standard InChI is InChI=1S/C20H24N4O2/c1-14-5-7-15(8-6-14)18-21-12-17(19(25)22-18)20(26)24-11-3-10-23-9-2-4-16(23)13-24/h5-8,12,16H,2-4,9-11,13H2,1H3,(H,21,22,25)/t16-/m0/s1. The molecule has 6 nitrogen and oxygen atoms in total. The van der Waals surface area contributed by atoms with Crippen LogP contribution in [0.15, 0.2) is 35.3 Å². The van der Waals surface area contributed by atoms with E-state index in [4.69, 9.17) is 0 Å². The maximum Gasteiger partial charge on any atom is 0.264 e. The molecule has 1 N–H and O–H groups in total. The SMILES string of the molecule is Cc1ccc(-c2ncc(C(=O)N3CCCN4CCC[C@H]4C3)c(=O)[nH]2)cc1. The van der Waals surface area contributed by atoms with Gasteiger partial charge >= 0.3 is 0 Å². The van der Waals surface area contributed by atoms with Crippen LogP contribution in [0.3, 0.4) is 0 Å². The number of aromatic amines is 1. The number of nitrogens with one attached hydrogen (secondary N) is 1. The highest BCUT2D eigenvalue weighted by molar-refractivity contribution is 5.93. The number of carbonyl (C=O) groups excluding carboxylic acids is 1. The fourth-order valence-electron chi connectivity index (χ4n) is 3.97. The van der Waals surface area contributed by atoms with Gasteiger partial charge in [-0.3, -0.25) is 14.5 Å². The van der Waals surface area contributed by atoms with Gasteiger partial charge in [0.15, 0.2) is 0 Å². The third-order valence-electron chi connectivity index (χ3n) is 5.45. The van der Waals surface area contributed by atoms with Crippen molar-refractivity contribution in [1.29, 1.82) is 0 Å². The second kappa shape index (κ2) is 7.03. The lowest BCUT2D eigenvalue weighted by Gasteiger charge is -2.25. The molecule has 3 heterocycles. The topological polar surface area (TPSA) is 69.3 Å². The Labute approximate surface area is 152 Å². The van der Waals surface area contributed by atoms with Gasteiger partial charge in [-0.2, -0.15) is 0 Å². The highest BCUT2D eigenvalue weighted by Gasteiger charge is 2.31. The van der Waals surface area contributed by atoms with Gasteiger partial charge < -0.3 is 9.88 Å². The zero-order valence-electron chi connectivity index (χ0n) is 15.1. The second-order valence-corrected chi connectivity index (χ2v) is 7.28. The van der Waals surface area contributed by atoms with Crippen molar-refractivity contribution < 1.29 is 4.79 Å². The first-order valence-electron chi connectivity index (χ1n) is 9.31. The maximum absolute atomic E-state index is 12.9. The molecule has 1 aromatic heterocycles. The normalized spacial score (nSPS) is 20.7. The summed E-state index contributed by atoms with van der Waals surface area (Å²) in [7, 11) is 0. The highest BCUT2D eigenvalue weighted by atomic mass is 16.2. The number of rotatable bonds is 2. The number of fused-ring (bicyclic) bond motifs is 1. The molecule has 6 heteroatoms. The molecule has 26 heavy (non-hydrogen) atoms. The third kappa shape index (κ3) is 3.29. The third-order valence-corrected chi connectivity index (χ3v) is 5.45. The van der Waals surface area contributed by atoms with Crippen molar-refractivity contribution in [3.05, 3.63) is 51.9 Å². The molecule has 136 valence electrons. The van der Waals surface area contributed by atoms with Crippen molar-refractivity contribution in [2.75, 3.05) is 26.2 Å². The van der Waals surface area contributed by atoms with Gasteiger partial charge in [-0.05, 0) is 32.7 Å². The number of nitrogens with zero attached hydrogens (tertiary/aromatic N) is 3. The van der Waals surface area contributed by atoms with Gasteiger partial charge in [0.2, 0.25) is 0 Å². The van der Waals surface area contributed by atoms with Crippen molar-refractivity contribution in [3.63, 3.8) is 0 Å². The molecule has 0 spiro atoms. The van der Waals surface area contributed by atoms with Crippen molar-refractivity contribution in [1.82, 2.24) is 19.8 Å². The number of hydrogen-bond acceptors (Lipinski definition) is 4. The first-order valence-corrected chi connectivity index (χ1v) is 9.31. The van der Waals surface area contributed by atoms with E-state index in [2.05, 4.69) is 14.9 Å². The highest BCUT2D eigenvalue weighted by Crippen LogP contribution is 2.22. The van der Waals surface area contributed by atoms with Crippen LogP contribution >= 0.6 is 0 Å². The van der Waals surface area contributed by atoms with Gasteiger partial charge in [-0.1, -0.05) is 29.8 Å². The Kier molecular flexibility index (Phi) is 4.59. The van der Waals surface area contributed by atoms with E-state index in [1.807, 2.05) is 36.1 Å². The Balaban J connectivity index is 1.56. The number of hydrogen-bond donors (Lipinski definition) is 1. The van der Waals surface area contributed by atoms with Gasteiger partial charge in [0.25, 0.3) is 11.5 Å². The average molecular weight is 352 g/mol. The fourth-order valence-corrected chi connectivity index (χ4v) is 3.97. The van der Waals surface area contributed by atoms with Crippen molar-refractivity contribution in [2.45, 2.75) is 32.2 Å². The molecule has 2 saturated heterocycles. The Morgan fingerprint density at radius 1 is 1.15 bits per heavy atom. The van der Waals surface area contributed by atoms with E-state index in [1.165, 1.54) is 12.6 Å². The molecule has 0 radical (unpaired) electrons. The summed E-state index contributed by atoms with van der Waals surface area (Å²) in [6.45, 7) is 5.58. The molecule has 0 bridgehead atoms. The van der Waals surface area contributed by atoms with E-state index < -0.39 is 0 Å². The summed E-state index contributed by atoms with van der Waals surface area (Å²) < 4.78 is 0. The Hall–Kier alpha value is -2.47. The van der Waals surface area contributed by atoms with Crippen LogP contribution in [0.1, 0.15) is 35.2 Å². The molecular weight excluding hydrogens is 328 g/mol. The molecular formula is C20H24N4O2. The van der Waals surface area contributed by atoms with Gasteiger partial charge in [0.1, 0.15) is 11.4 Å². The summed E-state index contributed by atoms with van der Waals surface area (Å²) in [6, 6.07) is 8.20. The summed E-state index contributed by atoms with van der Waals surface area (Å²) in [5.41, 5.74) is 1.74. The zero-order chi connectivity index (χ0) is 18.1. The van der Waals surface area contributed by atoms with Crippen LogP contribution in [0, 0.1) is 6.92 Å². The molecule has 1 amide bonds. The van der Waals surface area contributed by atoms with E-state index >= 15 is 0 Å². The molecule has 0 unspecified atom stereocenters. The zero-order valence-corrected chi connectivity index (χ0v) is 15.1. The minimum absolute atomic E-state index is 0.132. The quantitative estimate of drug-likeness (QED) is 0.898. The number of aromatic nitrogens is 2. The Morgan fingerprint density at radius 3 is 2.69 bits per heavy atom. The molecule has 2 aromatic rings. The minimum atomic E-state index is -0.367. The lowest BCUT2D eigenvalue weighted by Crippen LogP contribution is -2.41. The smallest absolute Gasteiger partial charge is 0.264 e. The van der Waals surface area contributed by atoms with E-state index in [9.17, 15) is 9.59 Å². The van der Waals surface area contributed by atoms with Crippen molar-refractivity contribution >= 4 is 5.91 Å². The predicted molar refractivity (Wildman–Crippen MR) is 100 cm³/mol. The Bertz CT molecular complexity index is 859. The molecule has 1 atom stereocenters. The van der Waals surface area contributed by atoms with Crippen molar-refractivity contribution in [2.24, 2.45) is 0 Å². The lowest BCUT2D eigenvalue weighted by molar-refractivity contribution is 0.0741. The van der Waals surface area contributed by atoms with Crippen LogP contribution < -0.4 is 5.56 Å². The number of H-pyrrole nitrogens is 1. The van der Waals surface area contributed by atoms with Gasteiger partial charge in [-0.25, -0.2) is 4.98 Å². The second-order valence-electron chi connectivity index (χ2n) is 7.28. The molecule has 0 saturated carbocycles. The first kappa shape index (κ1) is 17.0. The van der Waals surface area contributed by atoms with Gasteiger partial charge in [0, 0.05) is 37.4 Å². The minimum Gasteiger partial charge on any atom is -0.337 e. The predicted octanol–water partition coefficient (Wildman–Crippen LogP) is 2.06. The largest absolute Gasteiger partial charge is 0.337 e. The summed E-state index contributed by atoms with van der Waals surface area (Å²) in [4.78, 5) is 36.8. The van der Waals surface area contributed by atoms with Gasteiger partial charge in [-0.15, -0.1) is 0 Å². The molecule has 2 fully saturated rings. The summed E-state index contributed by atoms with van der Waals surface area (Å²) in [5, 5.41) is 0. The molecule has 1 aromatic carbocycles. The molecule has 0 aliphatic carbocycles. The van der Waals surface area contributed by atoms with Crippen LogP contribution in [0.25, 0.3) is 11.4 Å². The lowest BCUT2D eigenvalue weighted by atomic mass is 10.1. The number of amides is 1. The Morgan fingerprint density at radius 2 is 1.92 bits per heavy atom. The average Bonchev–Trinajstić information content (AvgIpc) is 2.98. The van der Waals surface area contributed by atoms with Crippen LogP contribution in [-0.2, 0) is 0 Å². The van der Waals surface area contributed by atoms with E-state index in [1.54, 1.807) is 0 Å². The molecule has 2 aliphatic rings. The monoisotopic (exact) mass is 352 g/mol. The van der Waals surface area contributed by atoms with Crippen molar-refractivity contribution in [3.8, 4) is 11.4 Å². The first-order chi connectivity index (χ1) is 12.6. The molecule has 2 aliphatic heterocycles. The van der Waals surface area contributed by atoms with Crippen LogP contribution in [0.2, 0.25) is 0 Å². The summed E-state index contributed by atoms with van der Waals surface area (Å²) in [6.07, 6.45) is 4.70. The molecule has 4 rings (SSSR count). The van der Waals surface area contributed by atoms with E-state index in [0.29, 0.717) is 25.0 Å². The fraction of sp³-hybridized carbons (Fsp3) is 0.450. The van der Waals surface area contributed by atoms with Crippen LogP contribution in [0.4, 0.5) is 0 Å². The number of carbonyl (C=O) groups is 1. The van der Waals surface area contributed by atoms with E-state index in [-0.39, 0.29) is 17.0 Å². The van der Waals surface area contributed by atoms with Crippen LogP contribution in [-0.4, -0.2) is 57.9 Å². The maximum atomic E-state index is 12.9. The van der Waals surface area contributed by atoms with Gasteiger partial charge in [0.05, 0.1) is 0 Å². The summed E-state index contributed by atoms with van der Waals surface area (Å²) >= 11 is 0. The van der Waals surface area contributed by atoms with E-state index in [0.717, 1.165) is 37.1 Å². The van der Waals surface area contributed by atoms with Crippen LogP contribution in [0.5, 0.6) is 0 Å². The number of aryl methyl sites for hydroxylation is 1. The number of benzene rings is 1.